The lowest BCUT2D eigenvalue weighted by Crippen LogP contribution is -2.59. The van der Waals surface area contributed by atoms with Crippen LogP contribution >= 0.6 is 0 Å². The van der Waals surface area contributed by atoms with Crippen LogP contribution in [0.15, 0.2) is 0 Å². The smallest absolute Gasteiger partial charge is 0.410 e. The van der Waals surface area contributed by atoms with Gasteiger partial charge in [0.25, 0.3) is 0 Å². The second-order valence-electron chi connectivity index (χ2n) is 6.45. The lowest BCUT2D eigenvalue weighted by atomic mass is 9.74. The van der Waals surface area contributed by atoms with E-state index in [1.54, 1.807) is 4.90 Å². The summed E-state index contributed by atoms with van der Waals surface area (Å²) in [7, 11) is 0. The summed E-state index contributed by atoms with van der Waals surface area (Å²) >= 11 is 0. The Labute approximate surface area is 110 Å². The minimum atomic E-state index is -0.474. The summed E-state index contributed by atoms with van der Waals surface area (Å²) in [6.45, 7) is 10.8. The number of amides is 1. The summed E-state index contributed by atoms with van der Waals surface area (Å²) in [4.78, 5) is 13.4. The van der Waals surface area contributed by atoms with Gasteiger partial charge in [0.15, 0.2) is 0 Å². The quantitative estimate of drug-likeness (QED) is 0.775. The van der Waals surface area contributed by atoms with E-state index >= 15 is 0 Å². The van der Waals surface area contributed by atoms with Gasteiger partial charge in [-0.05, 0) is 33.1 Å². The summed E-state index contributed by atoms with van der Waals surface area (Å²) in [5.41, 5.74) is -0.828. The van der Waals surface area contributed by atoms with Gasteiger partial charge in [0.05, 0.1) is 11.5 Å². The average Bonchev–Trinajstić information content (AvgIpc) is 2.19. The number of likely N-dealkylation sites (tertiary alicyclic amines) is 1. The van der Waals surface area contributed by atoms with Crippen molar-refractivity contribution in [2.75, 3.05) is 13.1 Å². The highest BCUT2D eigenvalue weighted by molar-refractivity contribution is 5.69. The molecule has 4 heteroatoms. The number of hydrogen-bond acceptors (Lipinski definition) is 3. The third kappa shape index (κ3) is 3.63. The van der Waals surface area contributed by atoms with Gasteiger partial charge in [-0.3, -0.25) is 0 Å². The Bertz CT molecular complexity index is 346. The molecule has 1 saturated heterocycles. The van der Waals surface area contributed by atoms with Crippen LogP contribution in [0.1, 0.15) is 47.5 Å². The van der Waals surface area contributed by atoms with Crippen LogP contribution in [0.25, 0.3) is 0 Å². The molecule has 1 unspecified atom stereocenters. The van der Waals surface area contributed by atoms with E-state index in [0.29, 0.717) is 19.0 Å². The lowest BCUT2D eigenvalue weighted by Gasteiger charge is -2.46. The van der Waals surface area contributed by atoms with Gasteiger partial charge >= 0.3 is 6.09 Å². The number of carbonyl (C=O) groups excluding carboxylic acids is 1. The van der Waals surface area contributed by atoms with Crippen LogP contribution in [-0.4, -0.2) is 29.7 Å². The predicted molar refractivity (Wildman–Crippen MR) is 69.9 cm³/mol. The minimum absolute atomic E-state index is 0.308. The molecule has 0 aromatic carbocycles. The van der Waals surface area contributed by atoms with Crippen molar-refractivity contribution in [2.45, 2.75) is 53.1 Å². The van der Waals surface area contributed by atoms with Crippen molar-refractivity contribution in [3.8, 4) is 6.07 Å². The van der Waals surface area contributed by atoms with Gasteiger partial charge in [-0.2, -0.15) is 5.26 Å². The summed E-state index contributed by atoms with van der Waals surface area (Å²) in [5, 5.41) is 9.28. The molecule has 0 spiro atoms. The Balaban J connectivity index is 2.50. The number of rotatable bonds is 3. The van der Waals surface area contributed by atoms with Crippen LogP contribution in [0.3, 0.4) is 0 Å². The average molecular weight is 252 g/mol. The molecule has 1 fully saturated rings. The third-order valence-corrected chi connectivity index (χ3v) is 3.31. The van der Waals surface area contributed by atoms with Crippen LogP contribution in [0.2, 0.25) is 0 Å². The summed E-state index contributed by atoms with van der Waals surface area (Å²) in [6.07, 6.45) is 1.62. The molecule has 0 radical (unpaired) electrons. The first-order valence-electron chi connectivity index (χ1n) is 6.60. The maximum atomic E-state index is 11.8. The molecule has 1 aliphatic heterocycles. The maximum absolute atomic E-state index is 11.8. The van der Waals surface area contributed by atoms with E-state index in [2.05, 4.69) is 19.9 Å². The van der Waals surface area contributed by atoms with Gasteiger partial charge in [0, 0.05) is 13.1 Å². The molecule has 0 saturated carbocycles. The van der Waals surface area contributed by atoms with Crippen molar-refractivity contribution in [1.29, 1.82) is 5.26 Å². The highest BCUT2D eigenvalue weighted by Gasteiger charge is 2.47. The number of hydrogen-bond donors (Lipinski definition) is 0. The molecule has 1 rings (SSSR count). The first-order valence-corrected chi connectivity index (χ1v) is 6.60. The summed E-state index contributed by atoms with van der Waals surface area (Å²) in [5.74, 6) is 0.519. The zero-order valence-corrected chi connectivity index (χ0v) is 12.1. The molecule has 18 heavy (non-hydrogen) atoms. The van der Waals surface area contributed by atoms with Crippen LogP contribution in [0.5, 0.6) is 0 Å². The molecule has 0 aliphatic carbocycles. The van der Waals surface area contributed by atoms with E-state index in [0.717, 1.165) is 12.8 Å². The number of nitrogens with zero attached hydrogens (tertiary/aromatic N) is 2. The Hall–Kier alpha value is -1.24. The molecule has 1 aliphatic rings. The highest BCUT2D eigenvalue weighted by Crippen LogP contribution is 2.37. The van der Waals surface area contributed by atoms with Crippen LogP contribution in [0, 0.1) is 22.7 Å². The Morgan fingerprint density at radius 2 is 2.06 bits per heavy atom. The molecule has 0 N–H and O–H groups in total. The highest BCUT2D eigenvalue weighted by atomic mass is 16.6. The Morgan fingerprint density at radius 3 is 2.44 bits per heavy atom. The minimum Gasteiger partial charge on any atom is -0.444 e. The molecule has 1 heterocycles. The standard InChI is InChI=1S/C14H24N2O2/c1-6-11(2)7-14(8-15)9-16(10-14)12(17)18-13(3,4)5/h11H,6-7,9-10H2,1-5H3. The van der Waals surface area contributed by atoms with Crippen molar-refractivity contribution < 1.29 is 9.53 Å². The molecule has 1 atom stereocenters. The molecule has 0 aromatic rings. The molecule has 0 aromatic heterocycles. The SMILES string of the molecule is CCC(C)CC1(C#N)CN(C(=O)OC(C)(C)C)C1. The van der Waals surface area contributed by atoms with Gasteiger partial charge in [0.1, 0.15) is 5.60 Å². The topological polar surface area (TPSA) is 53.3 Å². The van der Waals surface area contributed by atoms with Gasteiger partial charge < -0.3 is 9.64 Å². The van der Waals surface area contributed by atoms with Crippen LogP contribution in [-0.2, 0) is 4.74 Å². The van der Waals surface area contributed by atoms with Crippen molar-refractivity contribution in [1.82, 2.24) is 4.90 Å². The summed E-state index contributed by atoms with van der Waals surface area (Å²) in [6, 6.07) is 2.38. The lowest BCUT2D eigenvalue weighted by molar-refractivity contribution is -0.0220. The van der Waals surface area contributed by atoms with Gasteiger partial charge in [-0.25, -0.2) is 4.79 Å². The largest absolute Gasteiger partial charge is 0.444 e. The molecule has 102 valence electrons. The molecule has 0 bridgehead atoms. The fraction of sp³-hybridized carbons (Fsp3) is 0.857. The van der Waals surface area contributed by atoms with E-state index in [1.165, 1.54) is 0 Å². The first kappa shape index (κ1) is 14.8. The molecular formula is C14H24N2O2. The van der Waals surface area contributed by atoms with Crippen molar-refractivity contribution in [2.24, 2.45) is 11.3 Å². The number of nitriles is 1. The van der Waals surface area contributed by atoms with Gasteiger partial charge in [-0.15, -0.1) is 0 Å². The second-order valence-corrected chi connectivity index (χ2v) is 6.45. The fourth-order valence-electron chi connectivity index (χ4n) is 2.20. The van der Waals surface area contributed by atoms with E-state index in [4.69, 9.17) is 4.74 Å². The van der Waals surface area contributed by atoms with E-state index in [1.807, 2.05) is 20.8 Å². The Kier molecular flexibility index (Phi) is 4.26. The Morgan fingerprint density at radius 1 is 1.50 bits per heavy atom. The zero-order valence-electron chi connectivity index (χ0n) is 12.1. The number of ether oxygens (including phenoxy) is 1. The van der Waals surface area contributed by atoms with Crippen LogP contribution < -0.4 is 0 Å². The molecular weight excluding hydrogens is 228 g/mol. The van der Waals surface area contributed by atoms with E-state index in [-0.39, 0.29) is 11.5 Å². The first-order chi connectivity index (χ1) is 8.21. The molecule has 4 nitrogen and oxygen atoms in total. The number of carbonyl (C=O) groups is 1. The van der Waals surface area contributed by atoms with Gasteiger partial charge in [-0.1, -0.05) is 20.3 Å². The monoisotopic (exact) mass is 252 g/mol. The summed E-state index contributed by atoms with van der Waals surface area (Å²) < 4.78 is 5.29. The van der Waals surface area contributed by atoms with Crippen molar-refractivity contribution in [3.63, 3.8) is 0 Å². The van der Waals surface area contributed by atoms with Gasteiger partial charge in [0.2, 0.25) is 0 Å². The molecule has 1 amide bonds. The maximum Gasteiger partial charge on any atom is 0.410 e. The van der Waals surface area contributed by atoms with E-state index in [9.17, 15) is 10.1 Å². The fourth-order valence-corrected chi connectivity index (χ4v) is 2.20. The third-order valence-electron chi connectivity index (χ3n) is 3.31. The predicted octanol–water partition coefficient (Wildman–Crippen LogP) is 3.18. The zero-order chi connectivity index (χ0) is 14.0. The van der Waals surface area contributed by atoms with Crippen LogP contribution in [0.4, 0.5) is 4.79 Å². The van der Waals surface area contributed by atoms with E-state index < -0.39 is 5.60 Å². The normalized spacial score (nSPS) is 19.7. The van der Waals surface area contributed by atoms with Crippen molar-refractivity contribution in [3.05, 3.63) is 0 Å². The second kappa shape index (κ2) is 5.17. The van der Waals surface area contributed by atoms with Crippen molar-refractivity contribution >= 4 is 6.09 Å².